The molecule has 1 saturated heterocycles. The average Bonchev–Trinajstić information content (AvgIpc) is 2.47. The Labute approximate surface area is 117 Å². The van der Waals surface area contributed by atoms with Crippen molar-refractivity contribution >= 4 is 17.3 Å². The molecular weight excluding hydrogens is 260 g/mol. The van der Waals surface area contributed by atoms with Crippen LogP contribution >= 0.6 is 0 Å². The second-order valence-corrected chi connectivity index (χ2v) is 4.73. The van der Waals surface area contributed by atoms with Crippen molar-refractivity contribution in [2.24, 2.45) is 0 Å². The average molecular weight is 278 g/mol. The van der Waals surface area contributed by atoms with Crippen LogP contribution in [0.1, 0.15) is 29.6 Å². The van der Waals surface area contributed by atoms with Crippen molar-refractivity contribution in [3.63, 3.8) is 0 Å². The van der Waals surface area contributed by atoms with Crippen LogP contribution in [-0.4, -0.2) is 36.0 Å². The van der Waals surface area contributed by atoms with Crippen LogP contribution in [0.2, 0.25) is 0 Å². The number of nitrogens with one attached hydrogen (secondary N) is 2. The summed E-state index contributed by atoms with van der Waals surface area (Å²) in [6.45, 7) is 1.64. The number of carbonyl (C=O) groups is 1. The SMILES string of the molecule is CNc1ccc(C(=O)NN2CCCCC2)cc1[N+](=O)[O-]. The molecule has 0 bridgehead atoms. The second-order valence-electron chi connectivity index (χ2n) is 4.73. The third-order valence-corrected chi connectivity index (χ3v) is 3.34. The van der Waals surface area contributed by atoms with Crippen molar-refractivity contribution in [1.82, 2.24) is 10.4 Å². The van der Waals surface area contributed by atoms with Crippen LogP contribution in [0.25, 0.3) is 0 Å². The topological polar surface area (TPSA) is 87.5 Å². The van der Waals surface area contributed by atoms with E-state index in [4.69, 9.17) is 0 Å². The van der Waals surface area contributed by atoms with Gasteiger partial charge in [0.25, 0.3) is 11.6 Å². The maximum Gasteiger partial charge on any atom is 0.293 e. The molecule has 1 amide bonds. The number of nitro benzene ring substituents is 1. The van der Waals surface area contributed by atoms with E-state index in [0.29, 0.717) is 11.3 Å². The molecule has 2 rings (SSSR count). The third-order valence-electron chi connectivity index (χ3n) is 3.34. The van der Waals surface area contributed by atoms with Crippen LogP contribution in [0.15, 0.2) is 18.2 Å². The number of benzene rings is 1. The van der Waals surface area contributed by atoms with Gasteiger partial charge in [0, 0.05) is 31.8 Å². The van der Waals surface area contributed by atoms with Crippen LogP contribution < -0.4 is 10.7 Å². The molecule has 0 saturated carbocycles. The lowest BCUT2D eigenvalue weighted by atomic mass is 10.1. The second kappa shape index (κ2) is 6.33. The van der Waals surface area contributed by atoms with Gasteiger partial charge in [-0.1, -0.05) is 6.42 Å². The van der Waals surface area contributed by atoms with Crippen LogP contribution in [0.3, 0.4) is 0 Å². The maximum absolute atomic E-state index is 12.1. The Kier molecular flexibility index (Phi) is 4.52. The van der Waals surface area contributed by atoms with E-state index in [0.717, 1.165) is 25.9 Å². The fourth-order valence-corrected chi connectivity index (χ4v) is 2.25. The van der Waals surface area contributed by atoms with Gasteiger partial charge in [0.1, 0.15) is 5.69 Å². The Morgan fingerprint density at radius 1 is 1.30 bits per heavy atom. The standard InChI is InChI=1S/C13H18N4O3/c1-14-11-6-5-10(9-12(11)17(19)20)13(18)15-16-7-3-2-4-8-16/h5-6,9,14H,2-4,7-8H2,1H3,(H,15,18). The summed E-state index contributed by atoms with van der Waals surface area (Å²) in [4.78, 5) is 22.6. The van der Waals surface area contributed by atoms with Gasteiger partial charge in [0.2, 0.25) is 0 Å². The zero-order chi connectivity index (χ0) is 14.5. The van der Waals surface area contributed by atoms with E-state index in [2.05, 4.69) is 10.7 Å². The number of piperidine rings is 1. The van der Waals surface area contributed by atoms with Crippen molar-refractivity contribution in [2.75, 3.05) is 25.5 Å². The Balaban J connectivity index is 2.13. The molecule has 1 aromatic rings. The van der Waals surface area contributed by atoms with E-state index in [9.17, 15) is 14.9 Å². The molecule has 0 unspecified atom stereocenters. The van der Waals surface area contributed by atoms with E-state index in [1.54, 1.807) is 19.2 Å². The number of rotatable bonds is 4. The van der Waals surface area contributed by atoms with Gasteiger partial charge in [0.15, 0.2) is 0 Å². The molecule has 1 aromatic carbocycles. The van der Waals surface area contributed by atoms with E-state index in [-0.39, 0.29) is 11.6 Å². The summed E-state index contributed by atoms with van der Waals surface area (Å²) in [5.41, 5.74) is 3.38. The first-order valence-corrected chi connectivity index (χ1v) is 6.64. The lowest BCUT2D eigenvalue weighted by Crippen LogP contribution is -2.45. The molecule has 7 nitrogen and oxygen atoms in total. The summed E-state index contributed by atoms with van der Waals surface area (Å²) in [6, 6.07) is 4.42. The first-order valence-electron chi connectivity index (χ1n) is 6.64. The number of hydrazine groups is 1. The Morgan fingerprint density at radius 2 is 2.00 bits per heavy atom. The Morgan fingerprint density at radius 3 is 2.60 bits per heavy atom. The molecule has 1 aliphatic rings. The fraction of sp³-hybridized carbons (Fsp3) is 0.462. The molecule has 2 N–H and O–H groups in total. The quantitative estimate of drug-likeness (QED) is 0.647. The minimum atomic E-state index is -0.497. The minimum absolute atomic E-state index is 0.0983. The highest BCUT2D eigenvalue weighted by Crippen LogP contribution is 2.25. The van der Waals surface area contributed by atoms with E-state index in [1.807, 2.05) is 5.01 Å². The molecule has 1 aliphatic heterocycles. The lowest BCUT2D eigenvalue weighted by molar-refractivity contribution is -0.384. The smallest absolute Gasteiger partial charge is 0.293 e. The number of amides is 1. The van der Waals surface area contributed by atoms with Crippen molar-refractivity contribution < 1.29 is 9.72 Å². The zero-order valence-corrected chi connectivity index (χ0v) is 11.4. The summed E-state index contributed by atoms with van der Waals surface area (Å²) in [5, 5.41) is 15.6. The van der Waals surface area contributed by atoms with Gasteiger partial charge in [-0.15, -0.1) is 0 Å². The monoisotopic (exact) mass is 278 g/mol. The Hall–Kier alpha value is -2.15. The van der Waals surface area contributed by atoms with Gasteiger partial charge in [-0.2, -0.15) is 0 Å². The van der Waals surface area contributed by atoms with Gasteiger partial charge in [-0.3, -0.25) is 20.3 Å². The summed E-state index contributed by atoms with van der Waals surface area (Å²) in [6.07, 6.45) is 3.28. The van der Waals surface area contributed by atoms with E-state index < -0.39 is 4.92 Å². The summed E-state index contributed by atoms with van der Waals surface area (Å²) in [7, 11) is 1.61. The maximum atomic E-state index is 12.1. The van der Waals surface area contributed by atoms with Crippen LogP contribution in [0.4, 0.5) is 11.4 Å². The molecule has 7 heteroatoms. The number of hydrogen-bond donors (Lipinski definition) is 2. The molecular formula is C13H18N4O3. The first kappa shape index (κ1) is 14.3. The third kappa shape index (κ3) is 3.24. The normalized spacial score (nSPS) is 15.7. The van der Waals surface area contributed by atoms with Crippen LogP contribution in [0, 0.1) is 10.1 Å². The zero-order valence-electron chi connectivity index (χ0n) is 11.4. The van der Waals surface area contributed by atoms with Crippen molar-refractivity contribution in [3.05, 3.63) is 33.9 Å². The lowest BCUT2D eigenvalue weighted by Gasteiger charge is -2.26. The molecule has 0 aromatic heterocycles. The van der Waals surface area contributed by atoms with Gasteiger partial charge < -0.3 is 5.32 Å². The fourth-order valence-electron chi connectivity index (χ4n) is 2.25. The predicted molar refractivity (Wildman–Crippen MR) is 75.5 cm³/mol. The molecule has 0 atom stereocenters. The predicted octanol–water partition coefficient (Wildman–Crippen LogP) is 1.77. The number of nitrogens with zero attached hydrogens (tertiary/aromatic N) is 2. The largest absolute Gasteiger partial charge is 0.383 e. The van der Waals surface area contributed by atoms with Gasteiger partial charge in [-0.25, -0.2) is 5.01 Å². The van der Waals surface area contributed by atoms with E-state index in [1.165, 1.54) is 12.5 Å². The highest BCUT2D eigenvalue weighted by Gasteiger charge is 2.19. The van der Waals surface area contributed by atoms with E-state index >= 15 is 0 Å². The number of hydrogen-bond acceptors (Lipinski definition) is 5. The molecule has 0 radical (unpaired) electrons. The molecule has 20 heavy (non-hydrogen) atoms. The molecule has 0 aliphatic carbocycles. The Bertz CT molecular complexity index is 512. The molecule has 1 fully saturated rings. The minimum Gasteiger partial charge on any atom is -0.383 e. The highest BCUT2D eigenvalue weighted by molar-refractivity contribution is 5.95. The highest BCUT2D eigenvalue weighted by atomic mass is 16.6. The van der Waals surface area contributed by atoms with Gasteiger partial charge >= 0.3 is 0 Å². The summed E-state index contributed by atoms with van der Waals surface area (Å²) < 4.78 is 0. The van der Waals surface area contributed by atoms with Crippen molar-refractivity contribution in [1.29, 1.82) is 0 Å². The number of nitro groups is 1. The van der Waals surface area contributed by atoms with Gasteiger partial charge in [0.05, 0.1) is 4.92 Å². The van der Waals surface area contributed by atoms with Crippen LogP contribution in [0.5, 0.6) is 0 Å². The van der Waals surface area contributed by atoms with Crippen LogP contribution in [-0.2, 0) is 0 Å². The number of anilines is 1. The summed E-state index contributed by atoms with van der Waals surface area (Å²) >= 11 is 0. The van der Waals surface area contributed by atoms with Gasteiger partial charge in [-0.05, 0) is 25.0 Å². The van der Waals surface area contributed by atoms with Crippen molar-refractivity contribution in [3.8, 4) is 0 Å². The number of carbonyl (C=O) groups excluding carboxylic acids is 1. The first-order chi connectivity index (χ1) is 9.61. The molecule has 108 valence electrons. The summed E-state index contributed by atoms with van der Waals surface area (Å²) in [5.74, 6) is -0.308. The van der Waals surface area contributed by atoms with Crippen molar-refractivity contribution in [2.45, 2.75) is 19.3 Å². The molecule has 1 heterocycles. The molecule has 0 spiro atoms.